The third-order valence-electron chi connectivity index (χ3n) is 5.15. The Bertz CT molecular complexity index is 1360. The van der Waals surface area contributed by atoms with Crippen molar-refractivity contribution in [2.24, 2.45) is 7.05 Å². The average molecular weight is 490 g/mol. The standard InChI is InChI=1S/C23H20BrN7O/c1-30-13-18(10-29-30)17-4-2-16(3-5-17)9-27-23-20(11-25-15-28-23)21-12-26-22-8-19(32-14-24)6-7-31(21)22/h2-8,10-13,15H,9,14H2,1H3,(H,25,27,28). The third-order valence-corrected chi connectivity index (χ3v) is 5.38. The molecule has 0 spiro atoms. The second-order valence-corrected chi connectivity index (χ2v) is 7.68. The zero-order valence-electron chi connectivity index (χ0n) is 17.3. The van der Waals surface area contributed by atoms with Crippen molar-refractivity contribution < 1.29 is 4.74 Å². The minimum atomic E-state index is 0.431. The summed E-state index contributed by atoms with van der Waals surface area (Å²) >= 11 is 3.28. The van der Waals surface area contributed by atoms with Crippen LogP contribution < -0.4 is 10.1 Å². The van der Waals surface area contributed by atoms with Gasteiger partial charge in [0.25, 0.3) is 0 Å². The Morgan fingerprint density at radius 1 is 1.03 bits per heavy atom. The Morgan fingerprint density at radius 3 is 2.69 bits per heavy atom. The van der Waals surface area contributed by atoms with Crippen molar-refractivity contribution >= 4 is 27.4 Å². The van der Waals surface area contributed by atoms with Gasteiger partial charge in [-0.15, -0.1) is 0 Å². The van der Waals surface area contributed by atoms with E-state index in [9.17, 15) is 0 Å². The SMILES string of the molecule is Cn1cc(-c2ccc(CNc3ncncc3-c3cnc4cc(OCBr)ccn34)cc2)cn1. The largest absolute Gasteiger partial charge is 0.482 e. The highest BCUT2D eigenvalue weighted by Crippen LogP contribution is 2.28. The number of halogens is 1. The van der Waals surface area contributed by atoms with Crippen molar-refractivity contribution in [2.75, 3.05) is 10.8 Å². The highest BCUT2D eigenvalue weighted by molar-refractivity contribution is 9.09. The molecule has 5 aromatic rings. The number of pyridine rings is 1. The molecule has 0 aliphatic heterocycles. The average Bonchev–Trinajstić information content (AvgIpc) is 3.44. The number of aryl methyl sites for hydroxylation is 1. The molecule has 1 aromatic carbocycles. The molecule has 4 aromatic heterocycles. The van der Waals surface area contributed by atoms with Gasteiger partial charge in [0, 0.05) is 43.8 Å². The Balaban J connectivity index is 1.37. The van der Waals surface area contributed by atoms with Crippen LogP contribution in [0.4, 0.5) is 5.82 Å². The molecule has 0 atom stereocenters. The molecule has 0 aliphatic carbocycles. The number of aromatic nitrogens is 6. The minimum absolute atomic E-state index is 0.431. The summed E-state index contributed by atoms with van der Waals surface area (Å²) < 4.78 is 9.30. The molecule has 8 nitrogen and oxygen atoms in total. The molecular weight excluding hydrogens is 470 g/mol. The van der Waals surface area contributed by atoms with E-state index in [0.29, 0.717) is 12.1 Å². The van der Waals surface area contributed by atoms with E-state index in [1.165, 1.54) is 0 Å². The molecule has 0 unspecified atom stereocenters. The zero-order chi connectivity index (χ0) is 21.9. The van der Waals surface area contributed by atoms with Gasteiger partial charge in [0.15, 0.2) is 0 Å². The summed E-state index contributed by atoms with van der Waals surface area (Å²) in [6, 6.07) is 12.2. The maximum atomic E-state index is 5.50. The van der Waals surface area contributed by atoms with E-state index in [4.69, 9.17) is 4.74 Å². The van der Waals surface area contributed by atoms with Gasteiger partial charge < -0.3 is 10.1 Å². The van der Waals surface area contributed by atoms with Gasteiger partial charge in [-0.1, -0.05) is 24.3 Å². The van der Waals surface area contributed by atoms with Crippen molar-refractivity contribution in [3.05, 3.63) is 79.3 Å². The smallest absolute Gasteiger partial charge is 0.143 e. The van der Waals surface area contributed by atoms with Crippen LogP contribution in [0.3, 0.4) is 0 Å². The number of anilines is 1. The van der Waals surface area contributed by atoms with Gasteiger partial charge in [0.05, 0.1) is 23.7 Å². The number of fused-ring (bicyclic) bond motifs is 1. The van der Waals surface area contributed by atoms with Gasteiger partial charge in [-0.05, 0) is 33.1 Å². The second-order valence-electron chi connectivity index (χ2n) is 7.23. The van der Waals surface area contributed by atoms with E-state index in [-0.39, 0.29) is 0 Å². The van der Waals surface area contributed by atoms with Crippen LogP contribution in [0.15, 0.2) is 73.7 Å². The summed E-state index contributed by atoms with van der Waals surface area (Å²) in [5, 5.41) is 7.67. The summed E-state index contributed by atoms with van der Waals surface area (Å²) in [4.78, 5) is 13.2. The lowest BCUT2D eigenvalue weighted by Gasteiger charge is -2.11. The lowest BCUT2D eigenvalue weighted by molar-refractivity contribution is 0.398. The number of imidazole rings is 1. The van der Waals surface area contributed by atoms with Gasteiger partial charge in [0.1, 0.15) is 29.1 Å². The number of hydrogen-bond donors (Lipinski definition) is 1. The predicted octanol–water partition coefficient (Wildman–Crippen LogP) is 4.54. The highest BCUT2D eigenvalue weighted by atomic mass is 79.9. The van der Waals surface area contributed by atoms with Crippen LogP contribution in [-0.2, 0) is 13.6 Å². The molecule has 0 radical (unpaired) electrons. The van der Waals surface area contributed by atoms with Gasteiger partial charge >= 0.3 is 0 Å². The summed E-state index contributed by atoms with van der Waals surface area (Å²) in [6.07, 6.45) is 11.0. The Morgan fingerprint density at radius 2 is 1.91 bits per heavy atom. The van der Waals surface area contributed by atoms with Crippen molar-refractivity contribution in [3.8, 4) is 28.1 Å². The Labute approximate surface area is 193 Å². The molecular formula is C23H20BrN7O. The second kappa shape index (κ2) is 8.80. The topological polar surface area (TPSA) is 82.2 Å². The minimum Gasteiger partial charge on any atom is -0.482 e. The van der Waals surface area contributed by atoms with Crippen LogP contribution in [-0.4, -0.2) is 34.6 Å². The van der Waals surface area contributed by atoms with Crippen molar-refractivity contribution in [2.45, 2.75) is 6.54 Å². The number of hydrogen-bond acceptors (Lipinski definition) is 6. The zero-order valence-corrected chi connectivity index (χ0v) is 18.9. The van der Waals surface area contributed by atoms with E-state index in [1.807, 2.05) is 48.4 Å². The molecule has 32 heavy (non-hydrogen) atoms. The van der Waals surface area contributed by atoms with Crippen LogP contribution >= 0.6 is 15.9 Å². The first-order valence-electron chi connectivity index (χ1n) is 9.99. The lowest BCUT2D eigenvalue weighted by atomic mass is 10.1. The number of nitrogens with one attached hydrogen (secondary N) is 1. The van der Waals surface area contributed by atoms with Crippen LogP contribution in [0.5, 0.6) is 5.75 Å². The predicted molar refractivity (Wildman–Crippen MR) is 127 cm³/mol. The lowest BCUT2D eigenvalue weighted by Crippen LogP contribution is -2.04. The van der Waals surface area contributed by atoms with Crippen molar-refractivity contribution in [3.63, 3.8) is 0 Å². The fourth-order valence-electron chi connectivity index (χ4n) is 3.54. The first-order valence-corrected chi connectivity index (χ1v) is 11.1. The molecule has 5 rings (SSSR count). The fourth-order valence-corrected chi connectivity index (χ4v) is 3.81. The summed E-state index contributed by atoms with van der Waals surface area (Å²) in [6.45, 7) is 0.636. The van der Waals surface area contributed by atoms with Gasteiger partial charge in [0.2, 0.25) is 0 Å². The van der Waals surface area contributed by atoms with Crippen LogP contribution in [0, 0.1) is 0 Å². The van der Waals surface area contributed by atoms with E-state index < -0.39 is 0 Å². The van der Waals surface area contributed by atoms with Crippen molar-refractivity contribution in [1.82, 2.24) is 29.1 Å². The van der Waals surface area contributed by atoms with E-state index in [2.05, 4.69) is 65.6 Å². The van der Waals surface area contributed by atoms with E-state index >= 15 is 0 Å². The molecule has 0 aliphatic rings. The van der Waals surface area contributed by atoms with E-state index in [0.717, 1.165) is 45.2 Å². The molecule has 0 saturated heterocycles. The van der Waals surface area contributed by atoms with Crippen LogP contribution in [0.2, 0.25) is 0 Å². The number of ether oxygens (including phenoxy) is 1. The molecule has 1 N–H and O–H groups in total. The number of rotatable bonds is 7. The van der Waals surface area contributed by atoms with Crippen molar-refractivity contribution in [1.29, 1.82) is 0 Å². The molecule has 0 fully saturated rings. The Kier molecular flexibility index (Phi) is 5.55. The van der Waals surface area contributed by atoms with Crippen LogP contribution in [0.25, 0.3) is 28.0 Å². The third kappa shape index (κ3) is 4.06. The quantitative estimate of drug-likeness (QED) is 0.338. The summed E-state index contributed by atoms with van der Waals surface area (Å²) in [5.74, 6) is 1.50. The maximum absolute atomic E-state index is 5.50. The molecule has 0 saturated carbocycles. The normalized spacial score (nSPS) is 11.1. The number of alkyl halides is 1. The van der Waals surface area contributed by atoms with Gasteiger partial charge in [-0.3, -0.25) is 9.08 Å². The van der Waals surface area contributed by atoms with Crippen LogP contribution in [0.1, 0.15) is 5.56 Å². The molecule has 9 heteroatoms. The maximum Gasteiger partial charge on any atom is 0.143 e. The van der Waals surface area contributed by atoms with Gasteiger partial charge in [-0.25, -0.2) is 15.0 Å². The molecule has 0 amide bonds. The van der Waals surface area contributed by atoms with E-state index in [1.54, 1.807) is 17.2 Å². The number of benzene rings is 1. The molecule has 0 bridgehead atoms. The molecule has 160 valence electrons. The number of nitrogens with zero attached hydrogens (tertiary/aromatic N) is 6. The summed E-state index contributed by atoms with van der Waals surface area (Å²) in [5.41, 5.74) is 6.39. The first kappa shape index (κ1) is 20.2. The monoisotopic (exact) mass is 489 g/mol. The summed E-state index contributed by atoms with van der Waals surface area (Å²) in [7, 11) is 1.92. The Hall–Kier alpha value is -3.72. The van der Waals surface area contributed by atoms with Gasteiger partial charge in [-0.2, -0.15) is 5.10 Å². The first-order chi connectivity index (χ1) is 15.7. The highest BCUT2D eigenvalue weighted by Gasteiger charge is 2.13. The fraction of sp³-hybridized carbons (Fsp3) is 0.130. The molecule has 4 heterocycles.